The lowest BCUT2D eigenvalue weighted by atomic mass is 9.90. The molecule has 0 saturated carbocycles. The van der Waals surface area contributed by atoms with E-state index in [-0.39, 0.29) is 32.1 Å². The van der Waals surface area contributed by atoms with Gasteiger partial charge in [0.05, 0.1) is 13.1 Å². The summed E-state index contributed by atoms with van der Waals surface area (Å²) in [5, 5.41) is 0. The molecule has 2 aliphatic heterocycles. The zero-order valence-electron chi connectivity index (χ0n) is 13.9. The summed E-state index contributed by atoms with van der Waals surface area (Å²) >= 11 is 0. The molecule has 1 aromatic carbocycles. The van der Waals surface area contributed by atoms with Crippen molar-refractivity contribution in [2.24, 2.45) is 0 Å². The van der Waals surface area contributed by atoms with E-state index in [1.807, 2.05) is 0 Å². The van der Waals surface area contributed by atoms with Crippen molar-refractivity contribution in [2.45, 2.75) is 31.0 Å². The highest BCUT2D eigenvalue weighted by Gasteiger charge is 2.45. The van der Waals surface area contributed by atoms with Crippen LogP contribution in [0, 0.1) is 5.82 Å². The molecule has 1 unspecified atom stereocenters. The minimum Gasteiger partial charge on any atom is -0.361 e. The predicted octanol–water partition coefficient (Wildman–Crippen LogP) is 2.50. The monoisotopic (exact) mass is 374 g/mol. The number of hydrogen-bond acceptors (Lipinski definition) is 3. The van der Waals surface area contributed by atoms with Crippen LogP contribution in [0.25, 0.3) is 0 Å². The van der Waals surface area contributed by atoms with Crippen molar-refractivity contribution < 1.29 is 31.9 Å². The maximum atomic E-state index is 13.1. The minimum absolute atomic E-state index is 0.00706. The summed E-state index contributed by atoms with van der Waals surface area (Å²) < 4.78 is 56.3. The van der Waals surface area contributed by atoms with Crippen molar-refractivity contribution >= 4 is 17.5 Å². The lowest BCUT2D eigenvalue weighted by Crippen LogP contribution is -2.62. The second-order valence-corrected chi connectivity index (χ2v) is 6.64. The number of morpholine rings is 1. The number of halogens is 4. The van der Waals surface area contributed by atoms with E-state index >= 15 is 0 Å². The molecule has 1 atom stereocenters. The molecular weight excluding hydrogens is 356 g/mol. The number of benzene rings is 1. The number of amides is 2. The van der Waals surface area contributed by atoms with E-state index in [0.717, 1.165) is 4.90 Å². The molecule has 0 N–H and O–H groups in total. The third-order valence-electron chi connectivity index (χ3n) is 4.63. The van der Waals surface area contributed by atoms with Crippen LogP contribution in [0.1, 0.15) is 19.3 Å². The van der Waals surface area contributed by atoms with Crippen LogP contribution in [-0.4, -0.2) is 54.7 Å². The Kier molecular flexibility index (Phi) is 4.92. The summed E-state index contributed by atoms with van der Waals surface area (Å²) in [4.78, 5) is 26.7. The zero-order chi connectivity index (χ0) is 18.9. The number of rotatable bonds is 2. The van der Waals surface area contributed by atoms with Crippen LogP contribution in [0.4, 0.5) is 23.2 Å². The standard InChI is InChI=1S/C17H18F4N2O3/c18-12-2-4-13(5-3-12)23-11-16(26-9-15(23)25)6-1-7-22(10-16)14(24)8-17(19,20)21/h2-5H,1,6-11H2. The van der Waals surface area contributed by atoms with E-state index in [4.69, 9.17) is 4.74 Å². The highest BCUT2D eigenvalue weighted by molar-refractivity contribution is 5.95. The Morgan fingerprint density at radius 1 is 1.19 bits per heavy atom. The van der Waals surface area contributed by atoms with Crippen LogP contribution in [0.2, 0.25) is 0 Å². The van der Waals surface area contributed by atoms with Gasteiger partial charge in [-0.2, -0.15) is 13.2 Å². The lowest BCUT2D eigenvalue weighted by Gasteiger charge is -2.47. The number of likely N-dealkylation sites (tertiary alicyclic amines) is 1. The van der Waals surface area contributed by atoms with Crippen molar-refractivity contribution in [2.75, 3.05) is 31.1 Å². The Morgan fingerprint density at radius 3 is 2.54 bits per heavy atom. The van der Waals surface area contributed by atoms with Gasteiger partial charge < -0.3 is 14.5 Å². The maximum Gasteiger partial charge on any atom is 0.397 e. The molecule has 2 amide bonds. The number of ether oxygens (including phenoxy) is 1. The first-order chi connectivity index (χ1) is 12.2. The largest absolute Gasteiger partial charge is 0.397 e. The Labute approximate surface area is 147 Å². The Morgan fingerprint density at radius 2 is 1.88 bits per heavy atom. The van der Waals surface area contributed by atoms with Gasteiger partial charge in [0.15, 0.2) is 0 Å². The van der Waals surface area contributed by atoms with E-state index < -0.39 is 29.9 Å². The molecule has 2 fully saturated rings. The molecule has 0 aliphatic carbocycles. The smallest absolute Gasteiger partial charge is 0.361 e. The topological polar surface area (TPSA) is 49.9 Å². The molecular formula is C17H18F4N2O3. The van der Waals surface area contributed by atoms with Gasteiger partial charge in [-0.15, -0.1) is 0 Å². The van der Waals surface area contributed by atoms with Crippen molar-refractivity contribution in [3.8, 4) is 0 Å². The first-order valence-electron chi connectivity index (χ1n) is 8.22. The second-order valence-electron chi connectivity index (χ2n) is 6.64. The number of carbonyl (C=O) groups is 2. The van der Waals surface area contributed by atoms with E-state index in [1.165, 1.54) is 29.2 Å². The van der Waals surface area contributed by atoms with Gasteiger partial charge in [0.1, 0.15) is 24.4 Å². The van der Waals surface area contributed by atoms with Crippen molar-refractivity contribution in [1.82, 2.24) is 4.90 Å². The molecule has 2 heterocycles. The van der Waals surface area contributed by atoms with Crippen molar-refractivity contribution in [3.05, 3.63) is 30.1 Å². The van der Waals surface area contributed by atoms with Gasteiger partial charge >= 0.3 is 6.18 Å². The van der Waals surface area contributed by atoms with Gasteiger partial charge in [-0.25, -0.2) is 4.39 Å². The zero-order valence-corrected chi connectivity index (χ0v) is 13.9. The summed E-state index contributed by atoms with van der Waals surface area (Å²) in [5.74, 6) is -1.75. The second kappa shape index (κ2) is 6.86. The highest BCUT2D eigenvalue weighted by atomic mass is 19.4. The van der Waals surface area contributed by atoms with Crippen molar-refractivity contribution in [3.63, 3.8) is 0 Å². The van der Waals surface area contributed by atoms with Crippen LogP contribution in [0.5, 0.6) is 0 Å². The van der Waals surface area contributed by atoms with Crippen LogP contribution in [0.15, 0.2) is 24.3 Å². The third-order valence-corrected chi connectivity index (χ3v) is 4.63. The van der Waals surface area contributed by atoms with Crippen LogP contribution in [-0.2, 0) is 14.3 Å². The van der Waals surface area contributed by atoms with Crippen LogP contribution < -0.4 is 4.90 Å². The minimum atomic E-state index is -4.56. The number of piperidine rings is 1. The van der Waals surface area contributed by atoms with Gasteiger partial charge in [-0.3, -0.25) is 9.59 Å². The molecule has 0 radical (unpaired) electrons. The fourth-order valence-electron chi connectivity index (χ4n) is 3.41. The molecule has 26 heavy (non-hydrogen) atoms. The first kappa shape index (κ1) is 18.6. The van der Waals surface area contributed by atoms with E-state index in [2.05, 4.69) is 0 Å². The first-order valence-corrected chi connectivity index (χ1v) is 8.22. The molecule has 2 aliphatic rings. The molecule has 0 bridgehead atoms. The number of hydrogen-bond donors (Lipinski definition) is 0. The van der Waals surface area contributed by atoms with Gasteiger partial charge in [-0.05, 0) is 37.1 Å². The normalized spacial score (nSPS) is 24.2. The number of anilines is 1. The molecule has 0 aromatic heterocycles. The number of nitrogens with zero attached hydrogens (tertiary/aromatic N) is 2. The summed E-state index contributed by atoms with van der Waals surface area (Å²) in [5.41, 5.74) is -0.431. The predicted molar refractivity (Wildman–Crippen MR) is 83.9 cm³/mol. The Hall–Kier alpha value is -2.16. The van der Waals surface area contributed by atoms with E-state index in [0.29, 0.717) is 18.5 Å². The van der Waals surface area contributed by atoms with E-state index in [9.17, 15) is 27.2 Å². The molecule has 1 aromatic rings. The average Bonchev–Trinajstić information content (AvgIpc) is 2.57. The Balaban J connectivity index is 1.75. The summed E-state index contributed by atoms with van der Waals surface area (Å²) in [6.45, 7) is 0.0867. The fraction of sp³-hybridized carbons (Fsp3) is 0.529. The van der Waals surface area contributed by atoms with Gasteiger partial charge in [-0.1, -0.05) is 0 Å². The quantitative estimate of drug-likeness (QED) is 0.748. The van der Waals surface area contributed by atoms with Crippen molar-refractivity contribution in [1.29, 1.82) is 0 Å². The van der Waals surface area contributed by atoms with Gasteiger partial charge in [0, 0.05) is 12.2 Å². The highest BCUT2D eigenvalue weighted by Crippen LogP contribution is 2.33. The fourth-order valence-corrected chi connectivity index (χ4v) is 3.41. The molecule has 1 spiro atoms. The number of carbonyl (C=O) groups excluding carboxylic acids is 2. The molecule has 142 valence electrons. The molecule has 9 heteroatoms. The van der Waals surface area contributed by atoms with Crippen LogP contribution in [0.3, 0.4) is 0 Å². The molecule has 2 saturated heterocycles. The summed E-state index contributed by atoms with van der Waals surface area (Å²) in [7, 11) is 0. The molecule has 5 nitrogen and oxygen atoms in total. The van der Waals surface area contributed by atoms with E-state index in [1.54, 1.807) is 0 Å². The Bertz CT molecular complexity index is 692. The SMILES string of the molecule is O=C(CC(F)(F)F)N1CCCC2(C1)CN(c1ccc(F)cc1)C(=O)CO2. The average molecular weight is 374 g/mol. The maximum absolute atomic E-state index is 13.1. The molecule has 3 rings (SSSR count). The summed E-state index contributed by atoms with van der Waals surface area (Å²) in [6.07, 6.45) is -5.07. The van der Waals surface area contributed by atoms with Gasteiger partial charge in [0.2, 0.25) is 5.91 Å². The lowest BCUT2D eigenvalue weighted by molar-refractivity contribution is -0.170. The summed E-state index contributed by atoms with van der Waals surface area (Å²) in [6, 6.07) is 5.37. The number of alkyl halides is 3. The van der Waals surface area contributed by atoms with Gasteiger partial charge in [0.25, 0.3) is 5.91 Å². The third kappa shape index (κ3) is 4.14. The van der Waals surface area contributed by atoms with Crippen LogP contribution >= 0.6 is 0 Å².